The molecular formula is C19H30N6. The maximum Gasteiger partial charge on any atom is 0.231 e. The van der Waals surface area contributed by atoms with Gasteiger partial charge in [0.2, 0.25) is 17.5 Å². The maximum absolute atomic E-state index is 4.70. The van der Waals surface area contributed by atoms with Crippen LogP contribution in [0.25, 0.3) is 0 Å². The highest BCUT2D eigenvalue weighted by atomic mass is 15.3. The van der Waals surface area contributed by atoms with Crippen molar-refractivity contribution in [3.8, 4) is 0 Å². The first kappa shape index (κ1) is 19.0. The van der Waals surface area contributed by atoms with E-state index in [-0.39, 0.29) is 18.1 Å². The first-order valence-corrected chi connectivity index (χ1v) is 8.95. The van der Waals surface area contributed by atoms with Gasteiger partial charge in [0, 0.05) is 24.7 Å². The number of nitrogens with one attached hydrogen (secondary N) is 2. The third-order valence-electron chi connectivity index (χ3n) is 3.46. The van der Waals surface area contributed by atoms with Gasteiger partial charge in [-0.25, -0.2) is 4.99 Å². The largest absolute Gasteiger partial charge is 0.353 e. The first-order chi connectivity index (χ1) is 11.9. The summed E-state index contributed by atoms with van der Waals surface area (Å²) in [6, 6.07) is 10.9. The first-order valence-electron chi connectivity index (χ1n) is 8.95. The highest BCUT2D eigenvalue weighted by molar-refractivity contribution is 5.36. The lowest BCUT2D eigenvalue weighted by Gasteiger charge is -2.20. The molecule has 0 radical (unpaired) electrons. The second kappa shape index (κ2) is 8.65. The minimum Gasteiger partial charge on any atom is -0.353 e. The molecule has 1 heterocycles. The molecule has 2 aromatic rings. The predicted octanol–water partition coefficient (Wildman–Crippen LogP) is 3.60. The highest BCUT2D eigenvalue weighted by Crippen LogP contribution is 2.13. The van der Waals surface area contributed by atoms with E-state index in [1.807, 2.05) is 22.8 Å². The van der Waals surface area contributed by atoms with E-state index in [4.69, 9.17) is 4.99 Å². The fourth-order valence-corrected chi connectivity index (χ4v) is 2.44. The minimum atomic E-state index is 0.161. The number of nitrogens with zero attached hydrogens (tertiary/aromatic N) is 4. The number of aromatic nitrogens is 3. The van der Waals surface area contributed by atoms with Crippen LogP contribution in [-0.2, 0) is 6.54 Å². The van der Waals surface area contributed by atoms with Crippen LogP contribution in [0, 0.1) is 0 Å². The number of rotatable bonds is 7. The highest BCUT2D eigenvalue weighted by Gasteiger charge is 2.13. The quantitative estimate of drug-likeness (QED) is 0.807. The van der Waals surface area contributed by atoms with E-state index in [1.165, 1.54) is 5.56 Å². The molecule has 0 aliphatic heterocycles. The fourth-order valence-electron chi connectivity index (χ4n) is 2.44. The third-order valence-corrected chi connectivity index (χ3v) is 3.46. The molecule has 0 aliphatic carbocycles. The Morgan fingerprint density at radius 3 is 2.24 bits per heavy atom. The van der Waals surface area contributed by atoms with Crippen LogP contribution in [0.3, 0.4) is 0 Å². The average Bonchev–Trinajstić information content (AvgIpc) is 2.52. The summed E-state index contributed by atoms with van der Waals surface area (Å²) in [7, 11) is 0. The van der Waals surface area contributed by atoms with Crippen LogP contribution in [-0.4, -0.2) is 26.6 Å². The van der Waals surface area contributed by atoms with Crippen molar-refractivity contribution in [3.63, 3.8) is 0 Å². The second-order valence-corrected chi connectivity index (χ2v) is 7.00. The van der Waals surface area contributed by atoms with E-state index in [1.54, 1.807) is 0 Å². The second-order valence-electron chi connectivity index (χ2n) is 7.00. The number of anilines is 2. The number of hydrogen-bond acceptors (Lipinski definition) is 5. The molecule has 1 aromatic heterocycles. The lowest BCUT2D eigenvalue weighted by molar-refractivity contribution is 0.535. The van der Waals surface area contributed by atoms with Crippen molar-refractivity contribution < 1.29 is 0 Å². The van der Waals surface area contributed by atoms with Crippen LogP contribution in [0.5, 0.6) is 0 Å². The van der Waals surface area contributed by atoms with Gasteiger partial charge in [-0.3, -0.25) is 4.57 Å². The molecule has 0 spiro atoms. The van der Waals surface area contributed by atoms with Crippen LogP contribution in [0.2, 0.25) is 0 Å². The van der Waals surface area contributed by atoms with E-state index in [9.17, 15) is 0 Å². The lowest BCUT2D eigenvalue weighted by Crippen LogP contribution is -2.33. The topological polar surface area (TPSA) is 67.1 Å². The smallest absolute Gasteiger partial charge is 0.231 e. The third kappa shape index (κ3) is 5.59. The minimum absolute atomic E-state index is 0.161. The SMILES string of the molecule is CC(C)N=c1nc(NCc2ccccc2)nc(NC(C)C)n1C(C)C. The van der Waals surface area contributed by atoms with Gasteiger partial charge in [0.15, 0.2) is 0 Å². The van der Waals surface area contributed by atoms with Gasteiger partial charge in [-0.05, 0) is 47.1 Å². The Kier molecular flexibility index (Phi) is 6.56. The molecule has 2 rings (SSSR count). The van der Waals surface area contributed by atoms with Crippen molar-refractivity contribution in [3.05, 3.63) is 41.5 Å². The van der Waals surface area contributed by atoms with Crippen LogP contribution in [0.1, 0.15) is 53.1 Å². The van der Waals surface area contributed by atoms with Crippen LogP contribution in [0.4, 0.5) is 11.9 Å². The van der Waals surface area contributed by atoms with Gasteiger partial charge in [0.1, 0.15) is 0 Å². The summed E-state index contributed by atoms with van der Waals surface area (Å²) in [6.07, 6.45) is 0. The molecule has 6 nitrogen and oxygen atoms in total. The van der Waals surface area contributed by atoms with Crippen LogP contribution >= 0.6 is 0 Å². The van der Waals surface area contributed by atoms with Gasteiger partial charge in [0.05, 0.1) is 0 Å². The molecule has 0 unspecified atom stereocenters. The molecule has 0 saturated carbocycles. The Morgan fingerprint density at radius 2 is 1.68 bits per heavy atom. The summed E-state index contributed by atoms with van der Waals surface area (Å²) >= 11 is 0. The number of benzene rings is 1. The molecule has 1 aromatic carbocycles. The summed E-state index contributed by atoms with van der Waals surface area (Å²) in [6.45, 7) is 13.2. The molecule has 0 bridgehead atoms. The lowest BCUT2D eigenvalue weighted by atomic mass is 10.2. The zero-order chi connectivity index (χ0) is 18.4. The molecule has 0 amide bonds. The van der Waals surface area contributed by atoms with E-state index in [0.29, 0.717) is 18.1 Å². The summed E-state index contributed by atoms with van der Waals surface area (Å²) in [5.74, 6) is 1.37. The molecule has 6 heteroatoms. The molecule has 136 valence electrons. The Morgan fingerprint density at radius 1 is 1.00 bits per heavy atom. The van der Waals surface area contributed by atoms with Crippen molar-refractivity contribution in [1.82, 2.24) is 14.5 Å². The molecule has 0 aliphatic rings. The summed E-state index contributed by atoms with van der Waals surface area (Å²) in [4.78, 5) is 14.0. The monoisotopic (exact) mass is 342 g/mol. The molecule has 0 atom stereocenters. The maximum atomic E-state index is 4.70. The Labute approximate surface area is 150 Å². The van der Waals surface area contributed by atoms with Crippen LogP contribution in [0.15, 0.2) is 35.3 Å². The zero-order valence-electron chi connectivity index (χ0n) is 16.1. The normalized spacial score (nSPS) is 12.3. The van der Waals surface area contributed by atoms with Gasteiger partial charge in [-0.15, -0.1) is 0 Å². The predicted molar refractivity (Wildman–Crippen MR) is 104 cm³/mol. The fraction of sp³-hybridized carbons (Fsp3) is 0.526. The van der Waals surface area contributed by atoms with Gasteiger partial charge < -0.3 is 10.6 Å². The van der Waals surface area contributed by atoms with Gasteiger partial charge in [-0.1, -0.05) is 30.3 Å². The molecule has 2 N–H and O–H groups in total. The summed E-state index contributed by atoms with van der Waals surface area (Å²) < 4.78 is 2.05. The standard InChI is InChI=1S/C19H30N6/c1-13(2)21-18-23-17(20-12-16-10-8-7-9-11-16)24-19(22-14(3)4)25(18)15(5)6/h7-11,13-15H,12H2,1-6H3,(H2,20,21,22,23,24). The van der Waals surface area contributed by atoms with E-state index < -0.39 is 0 Å². The van der Waals surface area contributed by atoms with Crippen molar-refractivity contribution in [1.29, 1.82) is 0 Å². The van der Waals surface area contributed by atoms with Gasteiger partial charge in [0.25, 0.3) is 0 Å². The summed E-state index contributed by atoms with van der Waals surface area (Å²) in [5.41, 5.74) is 1.88. The molecule has 0 saturated heterocycles. The van der Waals surface area contributed by atoms with Crippen molar-refractivity contribution in [2.75, 3.05) is 10.6 Å². The number of hydrogen-bond donors (Lipinski definition) is 2. The van der Waals surface area contributed by atoms with Crippen molar-refractivity contribution >= 4 is 11.9 Å². The summed E-state index contributed by atoms with van der Waals surface area (Å²) in [5, 5.41) is 6.74. The van der Waals surface area contributed by atoms with E-state index >= 15 is 0 Å². The molecular weight excluding hydrogens is 312 g/mol. The zero-order valence-corrected chi connectivity index (χ0v) is 16.1. The molecule has 25 heavy (non-hydrogen) atoms. The Hall–Kier alpha value is -2.37. The van der Waals surface area contributed by atoms with Gasteiger partial charge >= 0.3 is 0 Å². The van der Waals surface area contributed by atoms with E-state index in [2.05, 4.69) is 74.3 Å². The van der Waals surface area contributed by atoms with E-state index in [0.717, 1.165) is 5.95 Å². The average molecular weight is 342 g/mol. The Balaban J connectivity index is 2.42. The van der Waals surface area contributed by atoms with Crippen LogP contribution < -0.4 is 16.3 Å². The molecule has 0 fully saturated rings. The van der Waals surface area contributed by atoms with Gasteiger partial charge in [-0.2, -0.15) is 9.97 Å². The van der Waals surface area contributed by atoms with Crippen molar-refractivity contribution in [2.24, 2.45) is 4.99 Å². The van der Waals surface area contributed by atoms with Crippen molar-refractivity contribution in [2.45, 2.75) is 66.2 Å². The Bertz CT molecular complexity index is 731.